The van der Waals surface area contributed by atoms with Crippen molar-refractivity contribution in [1.29, 1.82) is 0 Å². The van der Waals surface area contributed by atoms with Gasteiger partial charge in [-0.15, -0.1) is 0 Å². The number of nitrogens with two attached hydrogens (primary N) is 1. The molecule has 102 valence electrons. The van der Waals surface area contributed by atoms with Gasteiger partial charge in [-0.1, -0.05) is 31.2 Å². The van der Waals surface area contributed by atoms with Crippen molar-refractivity contribution in [1.82, 2.24) is 5.32 Å². The molecular formula is C16H22N2O. The van der Waals surface area contributed by atoms with Crippen molar-refractivity contribution in [3.63, 3.8) is 0 Å². The van der Waals surface area contributed by atoms with Crippen molar-refractivity contribution in [3.05, 3.63) is 35.4 Å². The summed E-state index contributed by atoms with van der Waals surface area (Å²) >= 11 is 0. The van der Waals surface area contributed by atoms with E-state index < -0.39 is 0 Å². The molecule has 1 amide bonds. The fourth-order valence-electron chi connectivity index (χ4n) is 3.40. The second-order valence-electron chi connectivity index (χ2n) is 6.04. The number of rotatable bonds is 4. The maximum Gasteiger partial charge on any atom is 0.224 e. The van der Waals surface area contributed by atoms with Gasteiger partial charge in [0.1, 0.15) is 0 Å². The summed E-state index contributed by atoms with van der Waals surface area (Å²) in [4.78, 5) is 12.2. The summed E-state index contributed by atoms with van der Waals surface area (Å²) in [7, 11) is 0. The maximum absolute atomic E-state index is 12.2. The van der Waals surface area contributed by atoms with Gasteiger partial charge in [0, 0.05) is 12.5 Å². The van der Waals surface area contributed by atoms with Crippen molar-refractivity contribution < 1.29 is 4.79 Å². The Kier molecular flexibility index (Phi) is 3.31. The molecular weight excluding hydrogens is 236 g/mol. The molecule has 3 rings (SSSR count). The Hall–Kier alpha value is -1.35. The molecule has 4 atom stereocenters. The summed E-state index contributed by atoms with van der Waals surface area (Å²) in [5.41, 5.74) is 8.43. The first-order chi connectivity index (χ1) is 9.22. The van der Waals surface area contributed by atoms with E-state index in [0.717, 1.165) is 12.8 Å². The molecule has 1 fully saturated rings. The zero-order valence-electron chi connectivity index (χ0n) is 11.4. The minimum absolute atomic E-state index is 0.202. The van der Waals surface area contributed by atoms with E-state index >= 15 is 0 Å². The Bertz CT molecular complexity index is 485. The van der Waals surface area contributed by atoms with Crippen LogP contribution in [0, 0.1) is 17.8 Å². The van der Waals surface area contributed by atoms with Gasteiger partial charge in [-0.25, -0.2) is 0 Å². The molecule has 1 aromatic carbocycles. The first kappa shape index (κ1) is 12.7. The lowest BCUT2D eigenvalue weighted by Gasteiger charge is -2.13. The largest absolute Gasteiger partial charge is 0.356 e. The Morgan fingerprint density at radius 2 is 2.26 bits per heavy atom. The van der Waals surface area contributed by atoms with Crippen LogP contribution in [0.15, 0.2) is 24.3 Å². The van der Waals surface area contributed by atoms with Gasteiger partial charge in [-0.2, -0.15) is 0 Å². The number of hydrogen-bond acceptors (Lipinski definition) is 2. The quantitative estimate of drug-likeness (QED) is 0.863. The minimum atomic E-state index is 0.202. The van der Waals surface area contributed by atoms with Gasteiger partial charge in [0.15, 0.2) is 0 Å². The number of fused-ring (bicyclic) bond motifs is 3. The van der Waals surface area contributed by atoms with Crippen LogP contribution in [-0.4, -0.2) is 19.0 Å². The Labute approximate surface area is 114 Å². The molecule has 0 aliphatic heterocycles. The van der Waals surface area contributed by atoms with Crippen molar-refractivity contribution in [3.8, 4) is 0 Å². The van der Waals surface area contributed by atoms with Gasteiger partial charge >= 0.3 is 0 Å². The number of benzene rings is 1. The van der Waals surface area contributed by atoms with Gasteiger partial charge < -0.3 is 11.1 Å². The Morgan fingerprint density at radius 1 is 1.47 bits per heavy atom. The molecule has 0 aromatic heterocycles. The zero-order chi connectivity index (χ0) is 13.4. The van der Waals surface area contributed by atoms with Gasteiger partial charge in [0.2, 0.25) is 5.91 Å². The Morgan fingerprint density at radius 3 is 3.05 bits per heavy atom. The van der Waals surface area contributed by atoms with Crippen LogP contribution in [0.2, 0.25) is 0 Å². The number of amides is 1. The summed E-state index contributed by atoms with van der Waals surface area (Å²) in [5.74, 6) is 1.83. The summed E-state index contributed by atoms with van der Waals surface area (Å²) in [6.07, 6.45) is 2.28. The second kappa shape index (κ2) is 4.97. The van der Waals surface area contributed by atoms with E-state index in [0.29, 0.717) is 30.8 Å². The molecule has 2 aliphatic rings. The normalized spacial score (nSPS) is 29.1. The lowest BCUT2D eigenvalue weighted by atomic mass is 9.92. The fraction of sp³-hybridized carbons (Fsp3) is 0.562. The van der Waals surface area contributed by atoms with Crippen LogP contribution in [0.5, 0.6) is 0 Å². The highest BCUT2D eigenvalue weighted by molar-refractivity contribution is 5.84. The molecule has 1 aromatic rings. The smallest absolute Gasteiger partial charge is 0.224 e. The van der Waals surface area contributed by atoms with Crippen molar-refractivity contribution in [2.75, 3.05) is 13.1 Å². The van der Waals surface area contributed by atoms with Crippen LogP contribution in [-0.2, 0) is 11.2 Å². The summed E-state index contributed by atoms with van der Waals surface area (Å²) in [5, 5.41) is 3.06. The van der Waals surface area contributed by atoms with Crippen LogP contribution in [0.4, 0.5) is 0 Å². The molecule has 0 saturated heterocycles. The fourth-order valence-corrected chi connectivity index (χ4v) is 3.40. The standard InChI is InChI=1S/C16H22N2O/c1-10(8-17)9-18-16(19)15-13-7-6-11-4-2-3-5-12(11)14(13)15/h2-5,10,13-15H,6-9,17H2,1H3,(H,18,19). The third-order valence-corrected chi connectivity index (χ3v) is 4.66. The van der Waals surface area contributed by atoms with E-state index in [1.165, 1.54) is 11.1 Å². The predicted molar refractivity (Wildman–Crippen MR) is 75.7 cm³/mol. The first-order valence-electron chi connectivity index (χ1n) is 7.28. The lowest BCUT2D eigenvalue weighted by Crippen LogP contribution is -2.32. The molecule has 0 bridgehead atoms. The zero-order valence-corrected chi connectivity index (χ0v) is 11.4. The average molecular weight is 258 g/mol. The van der Waals surface area contributed by atoms with E-state index in [1.54, 1.807) is 0 Å². The molecule has 2 aliphatic carbocycles. The van der Waals surface area contributed by atoms with Gasteiger partial charge in [0.05, 0.1) is 0 Å². The highest BCUT2D eigenvalue weighted by atomic mass is 16.2. The predicted octanol–water partition coefficient (Wildman–Crippen LogP) is 1.67. The van der Waals surface area contributed by atoms with Gasteiger partial charge in [-0.05, 0) is 48.3 Å². The lowest BCUT2D eigenvalue weighted by molar-refractivity contribution is -0.122. The van der Waals surface area contributed by atoms with Gasteiger partial charge in [-0.3, -0.25) is 4.79 Å². The maximum atomic E-state index is 12.2. The van der Waals surface area contributed by atoms with Crippen LogP contribution in [0.1, 0.15) is 30.4 Å². The number of hydrogen-bond donors (Lipinski definition) is 2. The van der Waals surface area contributed by atoms with Crippen molar-refractivity contribution in [2.24, 2.45) is 23.5 Å². The Balaban J connectivity index is 1.65. The highest BCUT2D eigenvalue weighted by Gasteiger charge is 2.56. The third kappa shape index (κ3) is 2.27. The van der Waals surface area contributed by atoms with E-state index in [1.807, 2.05) is 0 Å². The topological polar surface area (TPSA) is 55.1 Å². The van der Waals surface area contributed by atoms with Crippen LogP contribution in [0.3, 0.4) is 0 Å². The molecule has 4 unspecified atom stereocenters. The highest BCUT2D eigenvalue weighted by Crippen LogP contribution is 2.59. The average Bonchev–Trinajstić information content (AvgIpc) is 3.19. The van der Waals surface area contributed by atoms with Crippen molar-refractivity contribution in [2.45, 2.75) is 25.7 Å². The van der Waals surface area contributed by atoms with Crippen molar-refractivity contribution >= 4 is 5.91 Å². The van der Waals surface area contributed by atoms with E-state index in [2.05, 4.69) is 36.5 Å². The number of nitrogens with one attached hydrogen (secondary N) is 1. The molecule has 3 N–H and O–H groups in total. The minimum Gasteiger partial charge on any atom is -0.356 e. The summed E-state index contributed by atoms with van der Waals surface area (Å²) in [6.45, 7) is 3.39. The molecule has 3 nitrogen and oxygen atoms in total. The monoisotopic (exact) mass is 258 g/mol. The van der Waals surface area contributed by atoms with E-state index in [9.17, 15) is 4.79 Å². The first-order valence-corrected chi connectivity index (χ1v) is 7.28. The van der Waals surface area contributed by atoms with E-state index in [-0.39, 0.29) is 11.8 Å². The number of aryl methyl sites for hydroxylation is 1. The number of carbonyl (C=O) groups excluding carboxylic acids is 1. The number of carbonyl (C=O) groups is 1. The molecule has 0 spiro atoms. The molecule has 1 saturated carbocycles. The van der Waals surface area contributed by atoms with E-state index in [4.69, 9.17) is 5.73 Å². The molecule has 0 radical (unpaired) electrons. The SMILES string of the molecule is CC(CN)CNC(=O)C1C2CCc3ccccc3C21. The third-order valence-electron chi connectivity index (χ3n) is 4.66. The van der Waals surface area contributed by atoms with Gasteiger partial charge in [0.25, 0.3) is 0 Å². The van der Waals surface area contributed by atoms with Crippen LogP contribution < -0.4 is 11.1 Å². The second-order valence-corrected chi connectivity index (χ2v) is 6.04. The van der Waals surface area contributed by atoms with Crippen LogP contribution >= 0.6 is 0 Å². The van der Waals surface area contributed by atoms with Crippen LogP contribution in [0.25, 0.3) is 0 Å². The molecule has 3 heteroatoms. The molecule has 19 heavy (non-hydrogen) atoms. The summed E-state index contributed by atoms with van der Waals surface area (Å²) in [6, 6.07) is 8.59. The summed E-state index contributed by atoms with van der Waals surface area (Å²) < 4.78 is 0. The molecule has 0 heterocycles.